The Morgan fingerprint density at radius 1 is 1.28 bits per heavy atom. The van der Waals surface area contributed by atoms with Crippen LogP contribution in [0.3, 0.4) is 0 Å². The molecule has 1 aliphatic rings. The maximum atomic E-state index is 4.20. The summed E-state index contributed by atoms with van der Waals surface area (Å²) in [6.07, 6.45) is 7.90. The van der Waals surface area contributed by atoms with Crippen LogP contribution < -0.4 is 0 Å². The molecule has 0 spiro atoms. The van der Waals surface area contributed by atoms with Gasteiger partial charge < -0.3 is 0 Å². The van der Waals surface area contributed by atoms with Crippen molar-refractivity contribution in [2.45, 2.75) is 46.6 Å². The van der Waals surface area contributed by atoms with Crippen molar-refractivity contribution < 1.29 is 0 Å². The molecular formula is C16H26N2. The third-order valence-electron chi connectivity index (χ3n) is 4.17. The maximum absolute atomic E-state index is 4.20. The van der Waals surface area contributed by atoms with E-state index in [9.17, 15) is 0 Å². The molecule has 1 aromatic rings. The van der Waals surface area contributed by atoms with Gasteiger partial charge in [0, 0.05) is 18.9 Å². The number of aromatic nitrogens is 1. The lowest BCUT2D eigenvalue weighted by atomic mass is 9.77. The van der Waals surface area contributed by atoms with Gasteiger partial charge in [0.25, 0.3) is 0 Å². The second-order valence-corrected chi connectivity index (χ2v) is 6.63. The molecule has 0 aliphatic carbocycles. The zero-order valence-electron chi connectivity index (χ0n) is 12.0. The number of rotatable bonds is 2. The number of hydrogen-bond donors (Lipinski definition) is 0. The highest BCUT2D eigenvalue weighted by molar-refractivity contribution is 5.08. The van der Waals surface area contributed by atoms with E-state index in [0.29, 0.717) is 5.41 Å². The Morgan fingerprint density at radius 2 is 2.11 bits per heavy atom. The summed E-state index contributed by atoms with van der Waals surface area (Å²) in [5.74, 6) is 0.872. The fourth-order valence-electron chi connectivity index (χ4n) is 2.93. The van der Waals surface area contributed by atoms with Crippen molar-refractivity contribution in [3.05, 3.63) is 30.1 Å². The topological polar surface area (TPSA) is 16.1 Å². The van der Waals surface area contributed by atoms with Crippen LogP contribution in [0.1, 0.15) is 45.6 Å². The minimum absolute atomic E-state index is 0.463. The largest absolute Gasteiger partial charge is 0.299 e. The van der Waals surface area contributed by atoms with Gasteiger partial charge in [0.15, 0.2) is 0 Å². The summed E-state index contributed by atoms with van der Waals surface area (Å²) in [7, 11) is 0. The van der Waals surface area contributed by atoms with Crippen molar-refractivity contribution in [2.24, 2.45) is 11.3 Å². The molecule has 0 N–H and O–H groups in total. The first kappa shape index (κ1) is 13.5. The van der Waals surface area contributed by atoms with E-state index in [1.54, 1.807) is 0 Å². The number of pyridine rings is 1. The van der Waals surface area contributed by atoms with E-state index in [1.807, 2.05) is 18.5 Å². The molecule has 100 valence electrons. The summed E-state index contributed by atoms with van der Waals surface area (Å²) in [6.45, 7) is 10.7. The molecule has 0 radical (unpaired) electrons. The zero-order chi connectivity index (χ0) is 13.0. The second kappa shape index (κ2) is 5.83. The van der Waals surface area contributed by atoms with Crippen molar-refractivity contribution in [1.29, 1.82) is 0 Å². The summed E-state index contributed by atoms with van der Waals surface area (Å²) in [5.41, 5.74) is 1.80. The summed E-state index contributed by atoms with van der Waals surface area (Å²) < 4.78 is 0. The molecule has 0 saturated carbocycles. The van der Waals surface area contributed by atoms with E-state index >= 15 is 0 Å². The van der Waals surface area contributed by atoms with Gasteiger partial charge >= 0.3 is 0 Å². The Labute approximate surface area is 111 Å². The highest BCUT2D eigenvalue weighted by Gasteiger charge is 2.26. The minimum Gasteiger partial charge on any atom is -0.299 e. The summed E-state index contributed by atoms with van der Waals surface area (Å²) in [5, 5.41) is 0. The van der Waals surface area contributed by atoms with Crippen LogP contribution in [0.5, 0.6) is 0 Å². The van der Waals surface area contributed by atoms with Crippen LogP contribution in [0.4, 0.5) is 0 Å². The van der Waals surface area contributed by atoms with Crippen LogP contribution in [0.15, 0.2) is 24.5 Å². The monoisotopic (exact) mass is 246 g/mol. The molecule has 2 heterocycles. The van der Waals surface area contributed by atoms with Crippen LogP contribution in [-0.2, 0) is 6.54 Å². The standard InChI is InChI=1S/C16H26N2/c1-16(2,3)15-7-5-10-18(11-8-15)13-14-6-4-9-17-12-14/h4,6,9,12,15H,5,7-8,10-11,13H2,1-3H3. The molecule has 2 nitrogen and oxygen atoms in total. The molecule has 0 aromatic carbocycles. The fourth-order valence-corrected chi connectivity index (χ4v) is 2.93. The van der Waals surface area contributed by atoms with Crippen molar-refractivity contribution in [1.82, 2.24) is 9.88 Å². The Hall–Kier alpha value is -0.890. The van der Waals surface area contributed by atoms with Crippen LogP contribution in [0, 0.1) is 11.3 Å². The molecule has 1 fully saturated rings. The van der Waals surface area contributed by atoms with Crippen LogP contribution >= 0.6 is 0 Å². The van der Waals surface area contributed by atoms with Crippen molar-refractivity contribution in [3.63, 3.8) is 0 Å². The smallest absolute Gasteiger partial charge is 0.0312 e. The number of nitrogens with zero attached hydrogens (tertiary/aromatic N) is 2. The Balaban J connectivity index is 1.90. The first-order valence-electron chi connectivity index (χ1n) is 7.17. The summed E-state index contributed by atoms with van der Waals surface area (Å²) in [4.78, 5) is 6.79. The minimum atomic E-state index is 0.463. The number of hydrogen-bond acceptors (Lipinski definition) is 2. The Morgan fingerprint density at radius 3 is 2.78 bits per heavy atom. The van der Waals surface area contributed by atoms with E-state index in [0.717, 1.165) is 12.5 Å². The molecule has 1 aliphatic heterocycles. The Bertz CT molecular complexity index is 353. The lowest BCUT2D eigenvalue weighted by molar-refractivity contribution is 0.206. The van der Waals surface area contributed by atoms with Crippen molar-refractivity contribution in [3.8, 4) is 0 Å². The molecule has 1 aromatic heterocycles. The van der Waals surface area contributed by atoms with E-state index in [2.05, 4.69) is 36.7 Å². The molecule has 1 unspecified atom stereocenters. The normalized spacial score (nSPS) is 22.7. The van der Waals surface area contributed by atoms with Gasteiger partial charge in [0.1, 0.15) is 0 Å². The quantitative estimate of drug-likeness (QED) is 0.790. The third kappa shape index (κ3) is 3.81. The SMILES string of the molecule is CC(C)(C)C1CCCN(Cc2cccnc2)CC1. The summed E-state index contributed by atoms with van der Waals surface area (Å²) in [6, 6.07) is 4.21. The molecule has 1 saturated heterocycles. The molecule has 0 bridgehead atoms. The number of likely N-dealkylation sites (tertiary alicyclic amines) is 1. The molecule has 1 atom stereocenters. The van der Waals surface area contributed by atoms with Gasteiger partial charge in [-0.1, -0.05) is 26.8 Å². The van der Waals surface area contributed by atoms with Gasteiger partial charge in [-0.05, 0) is 55.3 Å². The molecular weight excluding hydrogens is 220 g/mol. The van der Waals surface area contributed by atoms with Crippen molar-refractivity contribution >= 4 is 0 Å². The highest BCUT2D eigenvalue weighted by atomic mass is 15.1. The zero-order valence-corrected chi connectivity index (χ0v) is 12.0. The van der Waals surface area contributed by atoms with Gasteiger partial charge in [-0.3, -0.25) is 9.88 Å². The third-order valence-corrected chi connectivity index (χ3v) is 4.17. The first-order chi connectivity index (χ1) is 8.55. The molecule has 18 heavy (non-hydrogen) atoms. The van der Waals surface area contributed by atoms with Gasteiger partial charge in [0.05, 0.1) is 0 Å². The predicted octanol–water partition coefficient (Wildman–Crippen LogP) is 3.73. The summed E-state index contributed by atoms with van der Waals surface area (Å²) >= 11 is 0. The maximum Gasteiger partial charge on any atom is 0.0312 e. The highest BCUT2D eigenvalue weighted by Crippen LogP contribution is 2.34. The van der Waals surface area contributed by atoms with Gasteiger partial charge in [-0.25, -0.2) is 0 Å². The molecule has 2 rings (SSSR count). The predicted molar refractivity (Wildman–Crippen MR) is 76.3 cm³/mol. The van der Waals surface area contributed by atoms with Crippen LogP contribution in [-0.4, -0.2) is 23.0 Å². The average molecular weight is 246 g/mol. The Kier molecular flexibility index (Phi) is 4.39. The lowest BCUT2D eigenvalue weighted by Crippen LogP contribution is -2.26. The van der Waals surface area contributed by atoms with Crippen LogP contribution in [0.2, 0.25) is 0 Å². The van der Waals surface area contributed by atoms with Gasteiger partial charge in [-0.15, -0.1) is 0 Å². The molecule has 0 amide bonds. The average Bonchev–Trinajstić information content (AvgIpc) is 2.55. The van der Waals surface area contributed by atoms with Gasteiger partial charge in [0.2, 0.25) is 0 Å². The van der Waals surface area contributed by atoms with Crippen molar-refractivity contribution in [2.75, 3.05) is 13.1 Å². The van der Waals surface area contributed by atoms with E-state index in [-0.39, 0.29) is 0 Å². The lowest BCUT2D eigenvalue weighted by Gasteiger charge is -2.29. The van der Waals surface area contributed by atoms with Crippen LogP contribution in [0.25, 0.3) is 0 Å². The fraction of sp³-hybridized carbons (Fsp3) is 0.688. The first-order valence-corrected chi connectivity index (χ1v) is 7.17. The van der Waals surface area contributed by atoms with E-state index < -0.39 is 0 Å². The molecule has 2 heteroatoms. The van der Waals surface area contributed by atoms with E-state index in [1.165, 1.54) is 37.9 Å². The van der Waals surface area contributed by atoms with Gasteiger partial charge in [-0.2, -0.15) is 0 Å². The second-order valence-electron chi connectivity index (χ2n) is 6.63. The van der Waals surface area contributed by atoms with E-state index in [4.69, 9.17) is 0 Å².